The van der Waals surface area contributed by atoms with Crippen LogP contribution in [0.2, 0.25) is 5.02 Å². The second-order valence-electron chi connectivity index (χ2n) is 5.49. The number of aromatic amines is 1. The Morgan fingerprint density at radius 1 is 1.24 bits per heavy atom. The highest BCUT2D eigenvalue weighted by atomic mass is 35.5. The number of H-pyrrole nitrogens is 1. The molecule has 0 spiro atoms. The van der Waals surface area contributed by atoms with Crippen molar-refractivity contribution in [2.45, 2.75) is 26.2 Å². The SMILES string of the molecule is CCOC(=O)c1c([C@H](CC(=O)c2ccc(Cl)cc2)C(=O)O)c[nH]c1C. The molecule has 2 N–H and O–H groups in total. The van der Waals surface area contributed by atoms with Crippen molar-refractivity contribution in [3.8, 4) is 0 Å². The van der Waals surface area contributed by atoms with Gasteiger partial charge < -0.3 is 14.8 Å². The Morgan fingerprint density at radius 3 is 2.44 bits per heavy atom. The van der Waals surface area contributed by atoms with Crippen LogP contribution in [0.15, 0.2) is 30.5 Å². The van der Waals surface area contributed by atoms with Gasteiger partial charge >= 0.3 is 11.9 Å². The van der Waals surface area contributed by atoms with Crippen LogP contribution in [0, 0.1) is 6.92 Å². The fourth-order valence-corrected chi connectivity index (χ4v) is 2.69. The van der Waals surface area contributed by atoms with Gasteiger partial charge in [-0.05, 0) is 43.7 Å². The van der Waals surface area contributed by atoms with E-state index >= 15 is 0 Å². The van der Waals surface area contributed by atoms with Gasteiger partial charge in [-0.2, -0.15) is 0 Å². The molecule has 1 aromatic carbocycles. The predicted octanol–water partition coefficient (Wildman–Crippen LogP) is 3.59. The number of ether oxygens (including phenoxy) is 1. The Hall–Kier alpha value is -2.60. The van der Waals surface area contributed by atoms with Gasteiger partial charge in [-0.3, -0.25) is 9.59 Å². The molecule has 1 atom stereocenters. The van der Waals surface area contributed by atoms with Gasteiger partial charge in [-0.15, -0.1) is 0 Å². The fourth-order valence-electron chi connectivity index (χ4n) is 2.57. The number of benzene rings is 1. The third-order valence-corrected chi connectivity index (χ3v) is 4.07. The Bertz CT molecular complexity index is 794. The minimum Gasteiger partial charge on any atom is -0.481 e. The lowest BCUT2D eigenvalue weighted by molar-refractivity contribution is -0.138. The molecule has 132 valence electrons. The average molecular weight is 364 g/mol. The summed E-state index contributed by atoms with van der Waals surface area (Å²) in [6.45, 7) is 3.48. The van der Waals surface area contributed by atoms with Gasteiger partial charge in [-0.25, -0.2) is 4.79 Å². The number of aryl methyl sites for hydroxylation is 1. The Balaban J connectivity index is 2.33. The maximum absolute atomic E-state index is 12.4. The smallest absolute Gasteiger partial charge is 0.340 e. The van der Waals surface area contributed by atoms with Crippen molar-refractivity contribution < 1.29 is 24.2 Å². The second-order valence-corrected chi connectivity index (χ2v) is 5.93. The maximum atomic E-state index is 12.4. The molecule has 2 aromatic rings. The number of carboxylic acids is 1. The van der Waals surface area contributed by atoms with E-state index in [2.05, 4.69) is 4.98 Å². The van der Waals surface area contributed by atoms with Crippen LogP contribution in [0.3, 0.4) is 0 Å². The van der Waals surface area contributed by atoms with Crippen LogP contribution in [0.5, 0.6) is 0 Å². The van der Waals surface area contributed by atoms with Crippen molar-refractivity contribution in [1.29, 1.82) is 0 Å². The molecule has 2 rings (SSSR count). The van der Waals surface area contributed by atoms with E-state index in [0.29, 0.717) is 16.3 Å². The number of nitrogens with one attached hydrogen (secondary N) is 1. The van der Waals surface area contributed by atoms with Crippen molar-refractivity contribution in [3.63, 3.8) is 0 Å². The summed E-state index contributed by atoms with van der Waals surface area (Å²) in [5.41, 5.74) is 1.27. The summed E-state index contributed by atoms with van der Waals surface area (Å²) < 4.78 is 4.99. The average Bonchev–Trinajstić information content (AvgIpc) is 2.94. The third kappa shape index (κ3) is 4.28. The van der Waals surface area contributed by atoms with Gasteiger partial charge in [0.15, 0.2) is 5.78 Å². The van der Waals surface area contributed by atoms with Crippen molar-refractivity contribution in [2.24, 2.45) is 0 Å². The van der Waals surface area contributed by atoms with Gasteiger partial charge in [0, 0.05) is 28.9 Å². The number of aliphatic carboxylic acids is 1. The van der Waals surface area contributed by atoms with Crippen LogP contribution in [0.1, 0.15) is 51.2 Å². The van der Waals surface area contributed by atoms with E-state index in [0.717, 1.165) is 0 Å². The highest BCUT2D eigenvalue weighted by molar-refractivity contribution is 6.30. The van der Waals surface area contributed by atoms with Gasteiger partial charge in [0.1, 0.15) is 0 Å². The molecule has 0 aliphatic heterocycles. The van der Waals surface area contributed by atoms with E-state index in [1.807, 2.05) is 0 Å². The molecule has 0 radical (unpaired) electrons. The molecule has 1 aromatic heterocycles. The van der Waals surface area contributed by atoms with Crippen LogP contribution in [-0.2, 0) is 9.53 Å². The number of carbonyl (C=O) groups is 3. The number of ketones is 1. The first-order valence-electron chi connectivity index (χ1n) is 7.71. The highest BCUT2D eigenvalue weighted by Crippen LogP contribution is 2.28. The molecule has 0 saturated heterocycles. The fraction of sp³-hybridized carbons (Fsp3) is 0.278. The highest BCUT2D eigenvalue weighted by Gasteiger charge is 2.30. The molecule has 0 bridgehead atoms. The molecule has 0 amide bonds. The molecule has 25 heavy (non-hydrogen) atoms. The quantitative estimate of drug-likeness (QED) is 0.578. The molecule has 1 heterocycles. The second kappa shape index (κ2) is 7.98. The molecule has 0 unspecified atom stereocenters. The van der Waals surface area contributed by atoms with E-state index in [1.165, 1.54) is 18.3 Å². The number of esters is 1. The standard InChI is InChI=1S/C18H18ClNO5/c1-3-25-18(24)16-10(2)20-9-14(16)13(17(22)23)8-15(21)11-4-6-12(19)7-5-11/h4-7,9,13,20H,3,8H2,1-2H3,(H,22,23)/t13-/m0/s1. The van der Waals surface area contributed by atoms with Crippen LogP contribution < -0.4 is 0 Å². The van der Waals surface area contributed by atoms with E-state index < -0.39 is 17.9 Å². The lowest BCUT2D eigenvalue weighted by atomic mass is 9.90. The molecule has 0 aliphatic rings. The summed E-state index contributed by atoms with van der Waals surface area (Å²) in [6, 6.07) is 6.21. The number of hydrogen-bond donors (Lipinski definition) is 2. The number of Topliss-reactive ketones (excluding diaryl/α,β-unsaturated/α-hetero) is 1. The lowest BCUT2D eigenvalue weighted by Gasteiger charge is -2.13. The van der Waals surface area contributed by atoms with E-state index in [4.69, 9.17) is 16.3 Å². The Labute approximate surface area is 149 Å². The summed E-state index contributed by atoms with van der Waals surface area (Å²) in [4.78, 5) is 39.1. The first-order chi connectivity index (χ1) is 11.8. The summed E-state index contributed by atoms with van der Waals surface area (Å²) >= 11 is 5.80. The number of halogens is 1. The van der Waals surface area contributed by atoms with Crippen LogP contribution >= 0.6 is 11.6 Å². The molecule has 0 aliphatic carbocycles. The normalized spacial score (nSPS) is 11.8. The zero-order valence-corrected chi connectivity index (χ0v) is 14.6. The Kier molecular flexibility index (Phi) is 5.98. The van der Waals surface area contributed by atoms with Gasteiger partial charge in [0.05, 0.1) is 18.1 Å². The number of hydrogen-bond acceptors (Lipinski definition) is 4. The summed E-state index contributed by atoms with van der Waals surface area (Å²) in [7, 11) is 0. The minimum absolute atomic E-state index is 0.165. The molecule has 6 nitrogen and oxygen atoms in total. The minimum atomic E-state index is -1.19. The van der Waals surface area contributed by atoms with Crippen LogP contribution in [0.4, 0.5) is 0 Å². The largest absolute Gasteiger partial charge is 0.481 e. The molecule has 7 heteroatoms. The predicted molar refractivity (Wildman–Crippen MR) is 92.3 cm³/mol. The topological polar surface area (TPSA) is 96.5 Å². The first kappa shape index (κ1) is 18.7. The monoisotopic (exact) mass is 363 g/mol. The van der Waals surface area contributed by atoms with Crippen LogP contribution in [-0.4, -0.2) is 34.4 Å². The van der Waals surface area contributed by atoms with Crippen molar-refractivity contribution in [2.75, 3.05) is 6.61 Å². The maximum Gasteiger partial charge on any atom is 0.340 e. The van der Waals surface area contributed by atoms with Gasteiger partial charge in [0.2, 0.25) is 0 Å². The number of aromatic nitrogens is 1. The number of rotatable bonds is 7. The molecule has 0 saturated carbocycles. The van der Waals surface area contributed by atoms with Crippen molar-refractivity contribution >= 4 is 29.3 Å². The third-order valence-electron chi connectivity index (χ3n) is 3.82. The summed E-state index contributed by atoms with van der Waals surface area (Å²) in [6.07, 6.45) is 1.16. The zero-order chi connectivity index (χ0) is 18.6. The van der Waals surface area contributed by atoms with Gasteiger partial charge in [0.25, 0.3) is 0 Å². The summed E-state index contributed by atoms with van der Waals surface area (Å²) in [5, 5.41) is 10.1. The number of carbonyl (C=O) groups excluding carboxylic acids is 2. The van der Waals surface area contributed by atoms with Gasteiger partial charge in [-0.1, -0.05) is 11.6 Å². The zero-order valence-electron chi connectivity index (χ0n) is 13.8. The van der Waals surface area contributed by atoms with Crippen molar-refractivity contribution in [3.05, 3.63) is 57.9 Å². The first-order valence-corrected chi connectivity index (χ1v) is 8.09. The van der Waals surface area contributed by atoms with Crippen molar-refractivity contribution in [1.82, 2.24) is 4.98 Å². The molecule has 0 fully saturated rings. The summed E-state index contributed by atoms with van der Waals surface area (Å²) in [5.74, 6) is -3.31. The van der Waals surface area contributed by atoms with E-state index in [-0.39, 0.29) is 29.9 Å². The number of carboxylic acid groups (broad SMARTS) is 1. The molecular weight excluding hydrogens is 346 g/mol. The molecular formula is C18H18ClNO5. The lowest BCUT2D eigenvalue weighted by Crippen LogP contribution is -2.19. The van der Waals surface area contributed by atoms with Crippen LogP contribution in [0.25, 0.3) is 0 Å². The van der Waals surface area contributed by atoms with E-state index in [1.54, 1.807) is 26.0 Å². The Morgan fingerprint density at radius 2 is 1.88 bits per heavy atom. The van der Waals surface area contributed by atoms with E-state index in [9.17, 15) is 19.5 Å².